The highest BCUT2D eigenvalue weighted by Crippen LogP contribution is 2.18. The lowest BCUT2D eigenvalue weighted by Crippen LogP contribution is -2.47. The maximum absolute atomic E-state index is 12.0. The highest BCUT2D eigenvalue weighted by atomic mass is 32.1. The van der Waals surface area contributed by atoms with E-state index in [9.17, 15) is 9.59 Å². The van der Waals surface area contributed by atoms with Crippen LogP contribution in [0.3, 0.4) is 0 Å². The summed E-state index contributed by atoms with van der Waals surface area (Å²) in [5.74, 6) is 0.580. The van der Waals surface area contributed by atoms with E-state index in [1.54, 1.807) is 31.2 Å². The van der Waals surface area contributed by atoms with Gasteiger partial charge in [0.1, 0.15) is 11.5 Å². The van der Waals surface area contributed by atoms with Gasteiger partial charge in [-0.2, -0.15) is 0 Å². The molecule has 6 nitrogen and oxygen atoms in total. The molecule has 1 aromatic heterocycles. The van der Waals surface area contributed by atoms with E-state index in [2.05, 4.69) is 10.9 Å². The fourth-order valence-electron chi connectivity index (χ4n) is 1.89. The smallest absolute Gasteiger partial charge is 0.279 e. The first-order valence-corrected chi connectivity index (χ1v) is 8.47. The predicted octanol–water partition coefficient (Wildman–Crippen LogP) is 2.30. The molecule has 0 aliphatic rings. The maximum Gasteiger partial charge on any atom is 0.279 e. The Hall–Kier alpha value is -2.54. The van der Waals surface area contributed by atoms with Crippen molar-refractivity contribution in [3.05, 3.63) is 46.7 Å². The quantitative estimate of drug-likeness (QED) is 0.753. The zero-order valence-corrected chi connectivity index (χ0v) is 14.4. The molecule has 7 heteroatoms. The second-order valence-corrected chi connectivity index (χ2v) is 5.99. The molecule has 0 aliphatic heterocycles. The molecule has 0 saturated heterocycles. The first-order chi connectivity index (χ1) is 11.6. The first-order valence-electron chi connectivity index (χ1n) is 7.59. The SMILES string of the molecule is CCOc1ccc(O[C@@H](C)C(=O)NNC(=O)Cc2cccs2)cc1. The van der Waals surface area contributed by atoms with E-state index in [0.717, 1.165) is 10.6 Å². The van der Waals surface area contributed by atoms with Crippen molar-refractivity contribution < 1.29 is 19.1 Å². The standard InChI is InChI=1S/C17H20N2O4S/c1-3-22-13-6-8-14(9-7-13)23-12(2)17(21)19-18-16(20)11-15-5-4-10-24-15/h4-10,12H,3,11H2,1-2H3,(H,18,20)(H,19,21)/t12-/m0/s1. The summed E-state index contributed by atoms with van der Waals surface area (Å²) in [6.45, 7) is 4.10. The molecule has 2 amide bonds. The van der Waals surface area contributed by atoms with Gasteiger partial charge < -0.3 is 9.47 Å². The Morgan fingerprint density at radius 2 is 1.83 bits per heavy atom. The van der Waals surface area contributed by atoms with Crippen LogP contribution in [-0.4, -0.2) is 24.5 Å². The van der Waals surface area contributed by atoms with Gasteiger partial charge in [0.15, 0.2) is 6.10 Å². The minimum Gasteiger partial charge on any atom is -0.494 e. The van der Waals surface area contributed by atoms with Gasteiger partial charge in [0.05, 0.1) is 13.0 Å². The van der Waals surface area contributed by atoms with Crippen LogP contribution in [0.2, 0.25) is 0 Å². The van der Waals surface area contributed by atoms with Gasteiger partial charge in [-0.1, -0.05) is 6.07 Å². The van der Waals surface area contributed by atoms with Crippen molar-refractivity contribution in [3.8, 4) is 11.5 Å². The van der Waals surface area contributed by atoms with Crippen molar-refractivity contribution >= 4 is 23.2 Å². The monoisotopic (exact) mass is 348 g/mol. The summed E-state index contributed by atoms with van der Waals surface area (Å²) in [5.41, 5.74) is 4.74. The van der Waals surface area contributed by atoms with Crippen LogP contribution in [0, 0.1) is 0 Å². The lowest BCUT2D eigenvalue weighted by molar-refractivity contribution is -0.132. The van der Waals surface area contributed by atoms with Gasteiger partial charge in [0.25, 0.3) is 5.91 Å². The molecule has 1 atom stereocenters. The number of amides is 2. The Morgan fingerprint density at radius 3 is 2.46 bits per heavy atom. The van der Waals surface area contributed by atoms with E-state index in [0.29, 0.717) is 12.4 Å². The van der Waals surface area contributed by atoms with E-state index in [1.165, 1.54) is 11.3 Å². The molecule has 128 valence electrons. The summed E-state index contributed by atoms with van der Waals surface area (Å²) in [7, 11) is 0. The number of benzene rings is 1. The molecule has 2 rings (SSSR count). The molecule has 1 heterocycles. The Bertz CT molecular complexity index is 656. The Balaban J connectivity index is 1.76. The van der Waals surface area contributed by atoms with Gasteiger partial charge in [0, 0.05) is 4.88 Å². The second kappa shape index (κ2) is 8.93. The van der Waals surface area contributed by atoms with Crippen molar-refractivity contribution in [1.82, 2.24) is 10.9 Å². The Morgan fingerprint density at radius 1 is 1.12 bits per heavy atom. The van der Waals surface area contributed by atoms with Crippen LogP contribution < -0.4 is 20.3 Å². The summed E-state index contributed by atoms with van der Waals surface area (Å²) in [4.78, 5) is 24.6. The molecule has 1 aromatic carbocycles. The molecule has 0 bridgehead atoms. The normalized spacial score (nSPS) is 11.4. The lowest BCUT2D eigenvalue weighted by atomic mass is 10.3. The fraction of sp³-hybridized carbons (Fsp3) is 0.294. The minimum absolute atomic E-state index is 0.228. The number of hydrazine groups is 1. The molecule has 0 aliphatic carbocycles. The number of nitrogens with one attached hydrogen (secondary N) is 2. The zero-order chi connectivity index (χ0) is 17.4. The molecular formula is C17H20N2O4S. The largest absolute Gasteiger partial charge is 0.494 e. The van der Waals surface area contributed by atoms with E-state index in [4.69, 9.17) is 9.47 Å². The van der Waals surface area contributed by atoms with Crippen LogP contribution in [0.15, 0.2) is 41.8 Å². The third kappa shape index (κ3) is 5.58. The highest BCUT2D eigenvalue weighted by molar-refractivity contribution is 7.10. The van der Waals surface area contributed by atoms with Gasteiger partial charge >= 0.3 is 0 Å². The molecule has 0 saturated carbocycles. The summed E-state index contributed by atoms with van der Waals surface area (Å²) in [6.07, 6.45) is -0.517. The summed E-state index contributed by atoms with van der Waals surface area (Å²) < 4.78 is 10.9. The number of hydrogen-bond acceptors (Lipinski definition) is 5. The van der Waals surface area contributed by atoms with E-state index < -0.39 is 12.0 Å². The van der Waals surface area contributed by atoms with Crippen LogP contribution in [0.4, 0.5) is 0 Å². The van der Waals surface area contributed by atoms with Crippen LogP contribution in [0.1, 0.15) is 18.7 Å². The lowest BCUT2D eigenvalue weighted by Gasteiger charge is -2.15. The number of thiophene rings is 1. The summed E-state index contributed by atoms with van der Waals surface area (Å²) in [5, 5.41) is 1.90. The van der Waals surface area contributed by atoms with Crippen LogP contribution >= 0.6 is 11.3 Å². The number of ether oxygens (including phenoxy) is 2. The number of rotatable bonds is 7. The average Bonchev–Trinajstić information content (AvgIpc) is 3.07. The maximum atomic E-state index is 12.0. The zero-order valence-electron chi connectivity index (χ0n) is 13.6. The Kier molecular flexibility index (Phi) is 6.62. The molecule has 24 heavy (non-hydrogen) atoms. The third-order valence-corrected chi connectivity index (χ3v) is 3.93. The topological polar surface area (TPSA) is 76.7 Å². The summed E-state index contributed by atoms with van der Waals surface area (Å²) in [6, 6.07) is 10.7. The van der Waals surface area contributed by atoms with E-state index in [1.807, 2.05) is 24.4 Å². The molecule has 2 aromatic rings. The van der Waals surface area contributed by atoms with E-state index >= 15 is 0 Å². The third-order valence-electron chi connectivity index (χ3n) is 3.06. The van der Waals surface area contributed by atoms with Crippen molar-refractivity contribution in [3.63, 3.8) is 0 Å². The highest BCUT2D eigenvalue weighted by Gasteiger charge is 2.15. The number of hydrogen-bond donors (Lipinski definition) is 2. The first kappa shape index (κ1) is 17.8. The Labute approximate surface area is 144 Å². The van der Waals surface area contributed by atoms with Gasteiger partial charge in [-0.25, -0.2) is 0 Å². The second-order valence-electron chi connectivity index (χ2n) is 4.96. The van der Waals surface area contributed by atoms with Crippen LogP contribution in [0.25, 0.3) is 0 Å². The van der Waals surface area contributed by atoms with Gasteiger partial charge in [-0.15, -0.1) is 11.3 Å². The summed E-state index contributed by atoms with van der Waals surface area (Å²) >= 11 is 1.49. The van der Waals surface area contributed by atoms with Crippen molar-refractivity contribution in [2.75, 3.05) is 6.61 Å². The molecular weight excluding hydrogens is 328 g/mol. The number of carbonyl (C=O) groups is 2. The van der Waals surface area contributed by atoms with Gasteiger partial charge in [-0.05, 0) is 49.6 Å². The van der Waals surface area contributed by atoms with Crippen LogP contribution in [-0.2, 0) is 16.0 Å². The molecule has 0 fully saturated rings. The number of carbonyl (C=O) groups excluding carboxylic acids is 2. The molecule has 0 radical (unpaired) electrons. The average molecular weight is 348 g/mol. The van der Waals surface area contributed by atoms with Gasteiger partial charge in [0.2, 0.25) is 5.91 Å². The molecule has 2 N–H and O–H groups in total. The van der Waals surface area contributed by atoms with Crippen molar-refractivity contribution in [1.29, 1.82) is 0 Å². The van der Waals surface area contributed by atoms with Crippen molar-refractivity contribution in [2.45, 2.75) is 26.4 Å². The molecule has 0 unspecified atom stereocenters. The predicted molar refractivity (Wildman–Crippen MR) is 92.0 cm³/mol. The van der Waals surface area contributed by atoms with Crippen LogP contribution in [0.5, 0.6) is 11.5 Å². The minimum atomic E-state index is -0.745. The fourth-order valence-corrected chi connectivity index (χ4v) is 2.59. The van der Waals surface area contributed by atoms with Gasteiger partial charge in [-0.3, -0.25) is 20.4 Å². The van der Waals surface area contributed by atoms with Crippen molar-refractivity contribution in [2.24, 2.45) is 0 Å². The molecule has 0 spiro atoms. The van der Waals surface area contributed by atoms with E-state index in [-0.39, 0.29) is 12.3 Å².